The van der Waals surface area contributed by atoms with E-state index in [1.807, 2.05) is 6.92 Å². The molecule has 1 saturated heterocycles. The molecule has 1 aliphatic rings. The minimum Gasteiger partial charge on any atom is -0.444 e. The Kier molecular flexibility index (Phi) is 6.89. The van der Waals surface area contributed by atoms with E-state index >= 15 is 0 Å². The van der Waals surface area contributed by atoms with Gasteiger partial charge in [-0.25, -0.2) is 14.8 Å². The van der Waals surface area contributed by atoms with E-state index in [9.17, 15) is 22.8 Å². The number of nitrogens with one attached hydrogen (secondary N) is 1. The topological polar surface area (TPSA) is 97.3 Å². The summed E-state index contributed by atoms with van der Waals surface area (Å²) >= 11 is 0. The Morgan fingerprint density at radius 1 is 1.15 bits per heavy atom. The maximum absolute atomic E-state index is 12.8. The van der Waals surface area contributed by atoms with Gasteiger partial charge in [-0.15, -0.1) is 0 Å². The van der Waals surface area contributed by atoms with Crippen molar-refractivity contribution in [3.8, 4) is 11.3 Å². The van der Waals surface area contributed by atoms with Gasteiger partial charge in [0, 0.05) is 17.8 Å². The zero-order valence-corrected chi connectivity index (χ0v) is 18.8. The van der Waals surface area contributed by atoms with Crippen molar-refractivity contribution in [1.82, 2.24) is 25.2 Å². The molecule has 1 aliphatic heterocycles. The van der Waals surface area contributed by atoms with Gasteiger partial charge in [-0.3, -0.25) is 14.7 Å². The Morgan fingerprint density at radius 2 is 1.88 bits per heavy atom. The van der Waals surface area contributed by atoms with Crippen molar-refractivity contribution < 1.29 is 27.5 Å². The number of aromatic nitrogens is 3. The number of hydrogen-bond donors (Lipinski definition) is 1. The molecule has 1 N–H and O–H groups in total. The molecule has 0 spiro atoms. The van der Waals surface area contributed by atoms with Crippen molar-refractivity contribution in [2.75, 3.05) is 0 Å². The Bertz CT molecular complexity index is 1010. The summed E-state index contributed by atoms with van der Waals surface area (Å²) in [5, 5.41) is 2.77. The first-order valence-corrected chi connectivity index (χ1v) is 10.5. The quantitative estimate of drug-likeness (QED) is 0.734. The van der Waals surface area contributed by atoms with Crippen LogP contribution in [0.2, 0.25) is 0 Å². The summed E-state index contributed by atoms with van der Waals surface area (Å²) in [5.41, 5.74) is -0.444. The Balaban J connectivity index is 1.66. The van der Waals surface area contributed by atoms with Gasteiger partial charge in [0.1, 0.15) is 23.7 Å². The number of alkyl halides is 3. The van der Waals surface area contributed by atoms with Crippen LogP contribution < -0.4 is 5.32 Å². The van der Waals surface area contributed by atoms with Gasteiger partial charge in [-0.1, -0.05) is 0 Å². The van der Waals surface area contributed by atoms with Gasteiger partial charge in [0.2, 0.25) is 5.91 Å². The van der Waals surface area contributed by atoms with Crippen molar-refractivity contribution in [2.45, 2.75) is 70.9 Å². The van der Waals surface area contributed by atoms with E-state index in [-0.39, 0.29) is 18.5 Å². The van der Waals surface area contributed by atoms with E-state index in [2.05, 4.69) is 20.3 Å². The van der Waals surface area contributed by atoms with E-state index in [1.165, 1.54) is 17.3 Å². The first-order valence-electron chi connectivity index (χ1n) is 10.5. The number of rotatable bonds is 4. The molecule has 3 rings (SSSR count). The molecule has 2 aromatic rings. The summed E-state index contributed by atoms with van der Waals surface area (Å²) in [4.78, 5) is 38.5. The number of halogens is 3. The fourth-order valence-corrected chi connectivity index (χ4v) is 3.52. The van der Waals surface area contributed by atoms with E-state index < -0.39 is 29.6 Å². The normalized spacial score (nSPS) is 18.8. The highest BCUT2D eigenvalue weighted by molar-refractivity contribution is 5.86. The van der Waals surface area contributed by atoms with Gasteiger partial charge in [-0.2, -0.15) is 13.2 Å². The molecule has 2 aromatic heterocycles. The van der Waals surface area contributed by atoms with Gasteiger partial charge in [0.05, 0.1) is 17.9 Å². The summed E-state index contributed by atoms with van der Waals surface area (Å²) in [7, 11) is 0. The van der Waals surface area contributed by atoms with Gasteiger partial charge in [0.25, 0.3) is 0 Å². The largest absolute Gasteiger partial charge is 0.444 e. The molecule has 0 saturated carbocycles. The lowest BCUT2D eigenvalue weighted by atomic mass is 10.1. The molecule has 0 aromatic carbocycles. The molecule has 33 heavy (non-hydrogen) atoms. The van der Waals surface area contributed by atoms with E-state index in [4.69, 9.17) is 4.74 Å². The second kappa shape index (κ2) is 9.32. The molecule has 0 aliphatic carbocycles. The van der Waals surface area contributed by atoms with Crippen LogP contribution in [0, 0.1) is 0 Å². The van der Waals surface area contributed by atoms with Crippen LogP contribution in [0.4, 0.5) is 18.0 Å². The number of carbonyl (C=O) groups excluding carboxylic acids is 2. The van der Waals surface area contributed by atoms with Crippen LogP contribution in [0.5, 0.6) is 0 Å². The molecule has 178 valence electrons. The third kappa shape index (κ3) is 6.17. The molecule has 2 atom stereocenters. The molecule has 0 bridgehead atoms. The molecule has 1 fully saturated rings. The van der Waals surface area contributed by atoms with Crippen LogP contribution >= 0.6 is 0 Å². The minimum absolute atomic E-state index is 0.0649. The van der Waals surface area contributed by atoms with Gasteiger partial charge >= 0.3 is 12.3 Å². The number of pyridine rings is 1. The molecular formula is C22H26F3N5O3. The predicted molar refractivity (Wildman–Crippen MR) is 113 cm³/mol. The van der Waals surface area contributed by atoms with Crippen molar-refractivity contribution in [2.24, 2.45) is 0 Å². The lowest BCUT2D eigenvalue weighted by Crippen LogP contribution is -2.49. The van der Waals surface area contributed by atoms with Crippen molar-refractivity contribution in [3.05, 3.63) is 42.1 Å². The summed E-state index contributed by atoms with van der Waals surface area (Å²) < 4.78 is 43.6. The van der Waals surface area contributed by atoms with Crippen LogP contribution in [0.15, 0.2) is 30.7 Å². The zero-order valence-electron chi connectivity index (χ0n) is 18.8. The first kappa shape index (κ1) is 24.4. The third-order valence-electron chi connectivity index (χ3n) is 5.09. The van der Waals surface area contributed by atoms with Crippen LogP contribution in [0.1, 0.15) is 51.9 Å². The SMILES string of the molecule is CC1CCC(C(=O)NCc2cc(-c3ccc(C(F)(F)F)nc3)ncn2)N1C(=O)OC(C)(C)C. The second-order valence-corrected chi connectivity index (χ2v) is 8.87. The van der Waals surface area contributed by atoms with Crippen LogP contribution in [0.25, 0.3) is 11.3 Å². The van der Waals surface area contributed by atoms with Crippen molar-refractivity contribution >= 4 is 12.0 Å². The van der Waals surface area contributed by atoms with E-state index in [0.29, 0.717) is 29.8 Å². The zero-order chi connectivity index (χ0) is 24.4. The maximum Gasteiger partial charge on any atom is 0.433 e. The van der Waals surface area contributed by atoms with Gasteiger partial charge < -0.3 is 10.1 Å². The van der Waals surface area contributed by atoms with Crippen LogP contribution in [-0.2, 0) is 22.3 Å². The number of likely N-dealkylation sites (tertiary alicyclic amines) is 1. The molecule has 11 heteroatoms. The summed E-state index contributed by atoms with van der Waals surface area (Å²) in [6.07, 6.45) is -1.52. The number of ether oxygens (including phenoxy) is 1. The lowest BCUT2D eigenvalue weighted by Gasteiger charge is -2.30. The van der Waals surface area contributed by atoms with E-state index in [0.717, 1.165) is 12.3 Å². The third-order valence-corrected chi connectivity index (χ3v) is 5.09. The molecule has 3 heterocycles. The average molecular weight is 465 g/mol. The Morgan fingerprint density at radius 3 is 2.48 bits per heavy atom. The van der Waals surface area contributed by atoms with Crippen molar-refractivity contribution in [1.29, 1.82) is 0 Å². The predicted octanol–water partition coefficient (Wildman–Crippen LogP) is 3.96. The number of amides is 2. The standard InChI is InChI=1S/C22H26F3N5O3/c1-13-5-7-17(30(13)20(32)33-21(2,3)4)19(31)27-11-15-9-16(29-12-28-15)14-6-8-18(26-10-14)22(23,24)25/h6,8-10,12-13,17H,5,7,11H2,1-4H3,(H,27,31). The number of hydrogen-bond acceptors (Lipinski definition) is 6. The highest BCUT2D eigenvalue weighted by Gasteiger charge is 2.40. The highest BCUT2D eigenvalue weighted by atomic mass is 19.4. The summed E-state index contributed by atoms with van der Waals surface area (Å²) in [5.74, 6) is -0.332. The van der Waals surface area contributed by atoms with Crippen molar-refractivity contribution in [3.63, 3.8) is 0 Å². The first-order chi connectivity index (χ1) is 15.3. The molecule has 2 amide bonds. The lowest BCUT2D eigenvalue weighted by molar-refractivity contribution is -0.141. The molecular weight excluding hydrogens is 439 g/mol. The second-order valence-electron chi connectivity index (χ2n) is 8.87. The van der Waals surface area contributed by atoms with Crippen LogP contribution in [0.3, 0.4) is 0 Å². The fraction of sp³-hybridized carbons (Fsp3) is 0.500. The summed E-state index contributed by atoms with van der Waals surface area (Å²) in [6.45, 7) is 7.22. The molecule has 0 radical (unpaired) electrons. The van der Waals surface area contributed by atoms with Gasteiger partial charge in [0.15, 0.2) is 0 Å². The van der Waals surface area contributed by atoms with Crippen LogP contribution in [-0.4, -0.2) is 49.5 Å². The average Bonchev–Trinajstić information content (AvgIpc) is 3.12. The van der Waals surface area contributed by atoms with Gasteiger partial charge in [-0.05, 0) is 58.7 Å². The smallest absolute Gasteiger partial charge is 0.433 e. The molecule has 2 unspecified atom stereocenters. The van der Waals surface area contributed by atoms with E-state index in [1.54, 1.807) is 26.8 Å². The minimum atomic E-state index is -4.52. The Hall–Kier alpha value is -3.24. The monoisotopic (exact) mass is 465 g/mol. The molecule has 8 nitrogen and oxygen atoms in total. The Labute approximate surface area is 189 Å². The highest BCUT2D eigenvalue weighted by Crippen LogP contribution is 2.29. The number of nitrogens with zero attached hydrogens (tertiary/aromatic N) is 4. The summed E-state index contributed by atoms with van der Waals surface area (Å²) in [6, 6.07) is 2.93. The number of carbonyl (C=O) groups is 2. The fourth-order valence-electron chi connectivity index (χ4n) is 3.52. The maximum atomic E-state index is 12.8.